The Labute approximate surface area is 156 Å². The van der Waals surface area contributed by atoms with Crippen molar-refractivity contribution in [3.05, 3.63) is 35.4 Å². The lowest BCUT2D eigenvalue weighted by Crippen LogP contribution is -2.38. The molecule has 1 fully saturated rings. The van der Waals surface area contributed by atoms with Crippen molar-refractivity contribution < 1.29 is 9.47 Å². The lowest BCUT2D eigenvalue weighted by atomic mass is 10.1. The first-order valence-electron chi connectivity index (χ1n) is 7.98. The second kappa shape index (κ2) is 11.6. The number of aliphatic imine (C=N–C) groups is 1. The van der Waals surface area contributed by atoms with Gasteiger partial charge in [0.2, 0.25) is 0 Å². The Morgan fingerprint density at radius 3 is 2.87 bits per heavy atom. The van der Waals surface area contributed by atoms with E-state index in [1.165, 1.54) is 11.1 Å². The molecule has 1 unspecified atom stereocenters. The van der Waals surface area contributed by atoms with Crippen LogP contribution in [-0.2, 0) is 16.0 Å². The van der Waals surface area contributed by atoms with Crippen molar-refractivity contribution in [2.45, 2.75) is 32.4 Å². The van der Waals surface area contributed by atoms with Crippen LogP contribution in [0.2, 0.25) is 0 Å². The third-order valence-corrected chi connectivity index (χ3v) is 3.80. The molecule has 130 valence electrons. The first kappa shape index (κ1) is 20.2. The van der Waals surface area contributed by atoms with Gasteiger partial charge in [-0.2, -0.15) is 0 Å². The summed E-state index contributed by atoms with van der Waals surface area (Å²) in [5.41, 5.74) is 2.56. The third-order valence-electron chi connectivity index (χ3n) is 3.80. The van der Waals surface area contributed by atoms with E-state index >= 15 is 0 Å². The minimum absolute atomic E-state index is 0. The summed E-state index contributed by atoms with van der Waals surface area (Å²) in [5.74, 6) is 0.795. The number of hydrogen-bond donors (Lipinski definition) is 2. The fourth-order valence-electron chi connectivity index (χ4n) is 2.44. The van der Waals surface area contributed by atoms with Gasteiger partial charge in [0.05, 0.1) is 19.3 Å². The SMILES string of the molecule is CN=C(NCCOCC1CCCO1)NCc1ccccc1C.I. The van der Waals surface area contributed by atoms with Crippen LogP contribution in [0.25, 0.3) is 0 Å². The van der Waals surface area contributed by atoms with E-state index in [-0.39, 0.29) is 24.0 Å². The van der Waals surface area contributed by atoms with E-state index in [0.717, 1.165) is 38.5 Å². The minimum atomic E-state index is 0. The fraction of sp³-hybridized carbons (Fsp3) is 0.588. The normalized spacial score (nSPS) is 17.7. The van der Waals surface area contributed by atoms with E-state index < -0.39 is 0 Å². The van der Waals surface area contributed by atoms with E-state index in [1.807, 2.05) is 0 Å². The van der Waals surface area contributed by atoms with Crippen molar-refractivity contribution in [2.24, 2.45) is 4.99 Å². The van der Waals surface area contributed by atoms with Crippen molar-refractivity contribution in [1.29, 1.82) is 0 Å². The van der Waals surface area contributed by atoms with Crippen LogP contribution in [0.5, 0.6) is 0 Å². The maximum absolute atomic E-state index is 5.62. The number of nitrogens with zero attached hydrogens (tertiary/aromatic N) is 1. The summed E-state index contributed by atoms with van der Waals surface area (Å²) in [6, 6.07) is 8.35. The summed E-state index contributed by atoms with van der Waals surface area (Å²) >= 11 is 0. The molecule has 6 heteroatoms. The zero-order chi connectivity index (χ0) is 15.6. The smallest absolute Gasteiger partial charge is 0.191 e. The Kier molecular flexibility index (Phi) is 10.2. The van der Waals surface area contributed by atoms with Crippen LogP contribution in [0.3, 0.4) is 0 Å². The van der Waals surface area contributed by atoms with Crippen molar-refractivity contribution in [3.63, 3.8) is 0 Å². The molecule has 1 heterocycles. The molecule has 1 aliphatic heterocycles. The number of ether oxygens (including phenoxy) is 2. The van der Waals surface area contributed by atoms with E-state index in [2.05, 4.69) is 46.8 Å². The van der Waals surface area contributed by atoms with Crippen molar-refractivity contribution in [1.82, 2.24) is 10.6 Å². The lowest BCUT2D eigenvalue weighted by molar-refractivity contribution is 0.0191. The first-order valence-corrected chi connectivity index (χ1v) is 7.98. The Bertz CT molecular complexity index is 477. The molecule has 1 aliphatic rings. The summed E-state index contributed by atoms with van der Waals surface area (Å²) in [4.78, 5) is 4.22. The van der Waals surface area contributed by atoms with Gasteiger partial charge in [0.25, 0.3) is 0 Å². The van der Waals surface area contributed by atoms with Crippen molar-refractivity contribution in [3.8, 4) is 0 Å². The van der Waals surface area contributed by atoms with Gasteiger partial charge in [-0.3, -0.25) is 4.99 Å². The molecule has 23 heavy (non-hydrogen) atoms. The highest BCUT2D eigenvalue weighted by Crippen LogP contribution is 2.11. The van der Waals surface area contributed by atoms with Crippen molar-refractivity contribution >= 4 is 29.9 Å². The molecule has 0 spiro atoms. The molecule has 0 amide bonds. The second-order valence-electron chi connectivity index (χ2n) is 5.49. The first-order chi connectivity index (χ1) is 10.8. The van der Waals surface area contributed by atoms with Gasteiger partial charge in [-0.25, -0.2) is 0 Å². The topological polar surface area (TPSA) is 54.9 Å². The molecule has 0 saturated carbocycles. The summed E-state index contributed by atoms with van der Waals surface area (Å²) < 4.78 is 11.1. The number of halogens is 1. The number of nitrogens with one attached hydrogen (secondary N) is 2. The zero-order valence-electron chi connectivity index (χ0n) is 14.0. The van der Waals surface area contributed by atoms with Gasteiger partial charge in [-0.05, 0) is 30.9 Å². The van der Waals surface area contributed by atoms with E-state index in [9.17, 15) is 0 Å². The Morgan fingerprint density at radius 1 is 1.35 bits per heavy atom. The molecule has 0 aliphatic carbocycles. The van der Waals surface area contributed by atoms with Crippen molar-refractivity contribution in [2.75, 3.05) is 33.4 Å². The lowest BCUT2D eigenvalue weighted by Gasteiger charge is -2.14. The predicted octanol–water partition coefficient (Wildman–Crippen LogP) is 2.47. The van der Waals surface area contributed by atoms with Gasteiger partial charge in [0.1, 0.15) is 0 Å². The maximum atomic E-state index is 5.62. The number of rotatable bonds is 7. The number of aryl methyl sites for hydroxylation is 1. The molecule has 5 nitrogen and oxygen atoms in total. The molecule has 1 aromatic carbocycles. The highest BCUT2D eigenvalue weighted by molar-refractivity contribution is 14.0. The highest BCUT2D eigenvalue weighted by atomic mass is 127. The largest absolute Gasteiger partial charge is 0.377 e. The molecule has 0 aromatic heterocycles. The Hall–Kier alpha value is -0.860. The molecular weight excluding hydrogens is 405 g/mol. The fourth-order valence-corrected chi connectivity index (χ4v) is 2.44. The Morgan fingerprint density at radius 2 is 2.17 bits per heavy atom. The summed E-state index contributed by atoms with van der Waals surface area (Å²) in [7, 11) is 1.78. The maximum Gasteiger partial charge on any atom is 0.191 e. The summed E-state index contributed by atoms with van der Waals surface area (Å²) in [5, 5.41) is 6.57. The average Bonchev–Trinajstić information content (AvgIpc) is 3.05. The van der Waals surface area contributed by atoms with Crippen LogP contribution >= 0.6 is 24.0 Å². The Balaban J connectivity index is 0.00000264. The quantitative estimate of drug-likeness (QED) is 0.300. The van der Waals surface area contributed by atoms with Gasteiger partial charge in [-0.15, -0.1) is 24.0 Å². The highest BCUT2D eigenvalue weighted by Gasteiger charge is 2.14. The van der Waals surface area contributed by atoms with Crippen LogP contribution in [0.15, 0.2) is 29.3 Å². The molecule has 1 saturated heterocycles. The van der Waals surface area contributed by atoms with Crippen LogP contribution in [0.1, 0.15) is 24.0 Å². The predicted molar refractivity (Wildman–Crippen MR) is 105 cm³/mol. The number of hydrogen-bond acceptors (Lipinski definition) is 3. The van der Waals surface area contributed by atoms with Gasteiger partial charge in [-0.1, -0.05) is 24.3 Å². The number of benzene rings is 1. The monoisotopic (exact) mass is 433 g/mol. The zero-order valence-corrected chi connectivity index (χ0v) is 16.3. The van der Waals surface area contributed by atoms with Gasteiger partial charge < -0.3 is 20.1 Å². The van der Waals surface area contributed by atoms with Crippen LogP contribution in [0, 0.1) is 6.92 Å². The van der Waals surface area contributed by atoms with E-state index in [1.54, 1.807) is 7.05 Å². The standard InChI is InChI=1S/C17H27N3O2.HI/c1-14-6-3-4-7-15(14)12-20-17(18-2)19-9-11-21-13-16-8-5-10-22-16;/h3-4,6-7,16H,5,8-13H2,1-2H3,(H2,18,19,20);1H. The van der Waals surface area contributed by atoms with Crippen LogP contribution < -0.4 is 10.6 Å². The van der Waals surface area contributed by atoms with Crippen LogP contribution in [-0.4, -0.2) is 45.5 Å². The second-order valence-corrected chi connectivity index (χ2v) is 5.49. The van der Waals surface area contributed by atoms with Gasteiger partial charge in [0, 0.05) is 26.7 Å². The molecular formula is C17H28IN3O2. The molecule has 0 bridgehead atoms. The molecule has 1 atom stereocenters. The average molecular weight is 433 g/mol. The minimum Gasteiger partial charge on any atom is -0.377 e. The van der Waals surface area contributed by atoms with Gasteiger partial charge >= 0.3 is 0 Å². The third kappa shape index (κ3) is 7.50. The molecule has 2 N–H and O–H groups in total. The summed E-state index contributed by atoms with van der Waals surface area (Å²) in [6.07, 6.45) is 2.56. The van der Waals surface area contributed by atoms with Gasteiger partial charge in [0.15, 0.2) is 5.96 Å². The van der Waals surface area contributed by atoms with Crippen LogP contribution in [0.4, 0.5) is 0 Å². The molecule has 1 aromatic rings. The summed E-state index contributed by atoms with van der Waals surface area (Å²) in [6.45, 7) is 5.85. The van der Waals surface area contributed by atoms with E-state index in [4.69, 9.17) is 9.47 Å². The molecule has 2 rings (SSSR count). The van der Waals surface area contributed by atoms with E-state index in [0.29, 0.717) is 19.3 Å². The number of guanidine groups is 1. The molecule has 0 radical (unpaired) electrons.